The Kier molecular flexibility index (Phi) is 5.09. The molecule has 4 nitrogen and oxygen atoms in total. The predicted octanol–water partition coefficient (Wildman–Crippen LogP) is 2.89. The van der Waals surface area contributed by atoms with Crippen molar-refractivity contribution in [3.63, 3.8) is 0 Å². The van der Waals surface area contributed by atoms with Crippen molar-refractivity contribution in [2.45, 2.75) is 25.8 Å². The Morgan fingerprint density at radius 3 is 2.85 bits per heavy atom. The fraction of sp³-hybridized carbons (Fsp3) is 0.429. The van der Waals surface area contributed by atoms with Gasteiger partial charge in [-0.15, -0.1) is 5.10 Å². The summed E-state index contributed by atoms with van der Waals surface area (Å²) in [6.45, 7) is 2.89. The van der Waals surface area contributed by atoms with Gasteiger partial charge in [0, 0.05) is 36.3 Å². The number of aromatic nitrogens is 3. The number of halogens is 2. The summed E-state index contributed by atoms with van der Waals surface area (Å²) in [6.07, 6.45) is 3.41. The van der Waals surface area contributed by atoms with Crippen LogP contribution in [0.3, 0.4) is 0 Å². The minimum absolute atomic E-state index is 0.135. The lowest BCUT2D eigenvalue weighted by atomic mass is 10.0. The van der Waals surface area contributed by atoms with E-state index in [0.29, 0.717) is 17.0 Å². The molecule has 2 rings (SSSR count). The number of hydrogen-bond acceptors (Lipinski definition) is 3. The first-order valence-electron chi connectivity index (χ1n) is 6.63. The van der Waals surface area contributed by atoms with Gasteiger partial charge in [0.25, 0.3) is 0 Å². The molecule has 6 heteroatoms. The molecular formula is C14H18ClFN4. The first-order chi connectivity index (χ1) is 9.60. The molecule has 1 unspecified atom stereocenters. The third-order valence-corrected chi connectivity index (χ3v) is 3.28. The first-order valence-corrected chi connectivity index (χ1v) is 7.01. The molecule has 0 saturated heterocycles. The molecule has 1 heterocycles. The van der Waals surface area contributed by atoms with Gasteiger partial charge in [0.2, 0.25) is 0 Å². The van der Waals surface area contributed by atoms with Crippen molar-refractivity contribution >= 4 is 11.6 Å². The Bertz CT molecular complexity index is 570. The Balaban J connectivity index is 2.22. The van der Waals surface area contributed by atoms with Crippen LogP contribution in [0.2, 0.25) is 5.02 Å². The molecule has 0 saturated carbocycles. The van der Waals surface area contributed by atoms with Crippen LogP contribution in [0.5, 0.6) is 0 Å². The quantitative estimate of drug-likeness (QED) is 0.891. The molecule has 0 aliphatic rings. The molecule has 2 aromatic rings. The summed E-state index contributed by atoms with van der Waals surface area (Å²) < 4.78 is 15.7. The molecule has 0 spiro atoms. The minimum Gasteiger partial charge on any atom is -0.310 e. The van der Waals surface area contributed by atoms with E-state index in [4.69, 9.17) is 11.6 Å². The average Bonchev–Trinajstić information content (AvgIpc) is 2.80. The predicted molar refractivity (Wildman–Crippen MR) is 77.2 cm³/mol. The number of nitrogens with one attached hydrogen (secondary N) is 1. The molecule has 0 fully saturated rings. The number of rotatable bonds is 6. The third kappa shape index (κ3) is 3.77. The van der Waals surface area contributed by atoms with Gasteiger partial charge in [0.1, 0.15) is 5.82 Å². The van der Waals surface area contributed by atoms with Crippen LogP contribution in [0, 0.1) is 5.82 Å². The summed E-state index contributed by atoms with van der Waals surface area (Å²) in [7, 11) is 1.81. The van der Waals surface area contributed by atoms with E-state index in [1.54, 1.807) is 16.8 Å². The summed E-state index contributed by atoms with van der Waals surface area (Å²) in [4.78, 5) is 0. The Labute approximate surface area is 122 Å². The van der Waals surface area contributed by atoms with E-state index in [1.165, 1.54) is 6.07 Å². The van der Waals surface area contributed by atoms with E-state index in [0.717, 1.165) is 18.7 Å². The molecule has 0 aliphatic carbocycles. The largest absolute Gasteiger partial charge is 0.310 e. The second kappa shape index (κ2) is 6.81. The molecular weight excluding hydrogens is 279 g/mol. The smallest absolute Gasteiger partial charge is 0.129 e. The number of hydrogen-bond donors (Lipinski definition) is 1. The van der Waals surface area contributed by atoms with Crippen LogP contribution in [0.4, 0.5) is 4.39 Å². The molecule has 1 aromatic heterocycles. The second-order valence-electron chi connectivity index (χ2n) is 4.76. The molecule has 0 aliphatic heterocycles. The van der Waals surface area contributed by atoms with Gasteiger partial charge in [-0.05, 0) is 25.1 Å². The van der Waals surface area contributed by atoms with Gasteiger partial charge in [-0.1, -0.05) is 29.8 Å². The molecule has 0 bridgehead atoms. The van der Waals surface area contributed by atoms with Crippen molar-refractivity contribution in [2.75, 3.05) is 6.54 Å². The van der Waals surface area contributed by atoms with Gasteiger partial charge in [-0.25, -0.2) is 4.39 Å². The van der Waals surface area contributed by atoms with Crippen LogP contribution < -0.4 is 5.32 Å². The first kappa shape index (κ1) is 14.9. The third-order valence-electron chi connectivity index (χ3n) is 3.04. The van der Waals surface area contributed by atoms with Crippen molar-refractivity contribution in [3.05, 3.63) is 46.5 Å². The van der Waals surface area contributed by atoms with Gasteiger partial charge >= 0.3 is 0 Å². The van der Waals surface area contributed by atoms with Crippen LogP contribution in [-0.4, -0.2) is 21.5 Å². The van der Waals surface area contributed by atoms with Gasteiger partial charge in [-0.3, -0.25) is 4.68 Å². The molecule has 1 N–H and O–H groups in total. The highest BCUT2D eigenvalue weighted by atomic mass is 35.5. The maximum absolute atomic E-state index is 14.1. The second-order valence-corrected chi connectivity index (χ2v) is 5.20. The highest BCUT2D eigenvalue weighted by Crippen LogP contribution is 2.23. The minimum atomic E-state index is -0.296. The normalized spacial score (nSPS) is 12.6. The summed E-state index contributed by atoms with van der Waals surface area (Å²) in [5.74, 6) is -0.296. The highest BCUT2D eigenvalue weighted by molar-refractivity contribution is 6.30. The van der Waals surface area contributed by atoms with E-state index < -0.39 is 0 Å². The van der Waals surface area contributed by atoms with Crippen LogP contribution in [0.25, 0.3) is 0 Å². The lowest BCUT2D eigenvalue weighted by Crippen LogP contribution is -2.25. The molecule has 108 valence electrons. The standard InChI is InChI=1S/C14H18ClFN4/c1-3-6-17-14(8-11-9-20(2)19-18-11)12-5-4-10(15)7-13(12)16/h4-5,7,9,14,17H,3,6,8H2,1-2H3. The number of nitrogens with zero attached hydrogens (tertiary/aromatic N) is 3. The van der Waals surface area contributed by atoms with Crippen LogP contribution >= 0.6 is 11.6 Å². The van der Waals surface area contributed by atoms with Gasteiger partial charge in [0.15, 0.2) is 0 Å². The van der Waals surface area contributed by atoms with E-state index in [-0.39, 0.29) is 11.9 Å². The maximum Gasteiger partial charge on any atom is 0.129 e. The van der Waals surface area contributed by atoms with E-state index in [1.807, 2.05) is 13.2 Å². The van der Waals surface area contributed by atoms with E-state index in [9.17, 15) is 4.39 Å². The van der Waals surface area contributed by atoms with Gasteiger partial charge < -0.3 is 5.32 Å². The van der Waals surface area contributed by atoms with Gasteiger partial charge in [-0.2, -0.15) is 0 Å². The van der Waals surface area contributed by atoms with Crippen molar-refractivity contribution < 1.29 is 4.39 Å². The summed E-state index contributed by atoms with van der Waals surface area (Å²) in [5.41, 5.74) is 1.43. The zero-order valence-electron chi connectivity index (χ0n) is 11.6. The van der Waals surface area contributed by atoms with Gasteiger partial charge in [0.05, 0.1) is 5.69 Å². The van der Waals surface area contributed by atoms with Crippen LogP contribution in [0.15, 0.2) is 24.4 Å². The SMILES string of the molecule is CCCNC(Cc1cn(C)nn1)c1ccc(Cl)cc1F. The topological polar surface area (TPSA) is 42.7 Å². The number of benzene rings is 1. The fourth-order valence-electron chi connectivity index (χ4n) is 2.09. The number of aryl methyl sites for hydroxylation is 1. The lowest BCUT2D eigenvalue weighted by molar-refractivity contribution is 0.493. The van der Waals surface area contributed by atoms with Crippen molar-refractivity contribution in [1.82, 2.24) is 20.3 Å². The Morgan fingerprint density at radius 2 is 2.25 bits per heavy atom. The zero-order valence-corrected chi connectivity index (χ0v) is 12.4. The fourth-order valence-corrected chi connectivity index (χ4v) is 2.25. The summed E-state index contributed by atoms with van der Waals surface area (Å²) in [6, 6.07) is 4.64. The average molecular weight is 297 g/mol. The lowest BCUT2D eigenvalue weighted by Gasteiger charge is -2.18. The highest BCUT2D eigenvalue weighted by Gasteiger charge is 2.17. The molecule has 1 aromatic carbocycles. The summed E-state index contributed by atoms with van der Waals surface area (Å²) in [5, 5.41) is 11.7. The summed E-state index contributed by atoms with van der Waals surface area (Å²) >= 11 is 5.80. The van der Waals surface area contributed by atoms with Crippen LogP contribution in [-0.2, 0) is 13.5 Å². The van der Waals surface area contributed by atoms with Crippen molar-refractivity contribution in [1.29, 1.82) is 0 Å². The van der Waals surface area contributed by atoms with Crippen LogP contribution in [0.1, 0.15) is 30.6 Å². The zero-order chi connectivity index (χ0) is 14.5. The monoisotopic (exact) mass is 296 g/mol. The van der Waals surface area contributed by atoms with E-state index in [2.05, 4.69) is 22.6 Å². The molecule has 20 heavy (non-hydrogen) atoms. The molecule has 0 amide bonds. The molecule has 0 radical (unpaired) electrons. The Morgan fingerprint density at radius 1 is 1.45 bits per heavy atom. The maximum atomic E-state index is 14.1. The van der Waals surface area contributed by atoms with Crippen molar-refractivity contribution in [2.24, 2.45) is 7.05 Å². The molecule has 1 atom stereocenters. The Hall–Kier alpha value is -1.46. The van der Waals surface area contributed by atoms with Crippen molar-refractivity contribution in [3.8, 4) is 0 Å². The van der Waals surface area contributed by atoms with E-state index >= 15 is 0 Å².